The van der Waals surface area contributed by atoms with E-state index >= 15 is 0 Å². The van der Waals surface area contributed by atoms with Crippen molar-refractivity contribution in [3.05, 3.63) is 41.5 Å². The SMILES string of the molecule is C/C(=C\c1ccccc1)CNCC(C)N(C)C1CC1. The van der Waals surface area contributed by atoms with Crippen molar-refractivity contribution < 1.29 is 0 Å². The number of nitrogens with zero attached hydrogens (tertiary/aromatic N) is 1. The molecule has 1 N–H and O–H groups in total. The van der Waals surface area contributed by atoms with Gasteiger partial charge in [0.05, 0.1) is 0 Å². The highest BCUT2D eigenvalue weighted by atomic mass is 15.2. The lowest BCUT2D eigenvalue weighted by molar-refractivity contribution is 0.243. The molecule has 0 amide bonds. The molecular formula is C17H26N2. The van der Waals surface area contributed by atoms with Gasteiger partial charge in [-0.05, 0) is 39.3 Å². The smallest absolute Gasteiger partial charge is 0.0192 e. The Balaban J connectivity index is 1.71. The maximum atomic E-state index is 3.56. The third-order valence-electron chi connectivity index (χ3n) is 3.87. The summed E-state index contributed by atoms with van der Waals surface area (Å²) in [6, 6.07) is 12.0. The van der Waals surface area contributed by atoms with E-state index < -0.39 is 0 Å². The number of benzene rings is 1. The molecule has 0 bridgehead atoms. The fraction of sp³-hybridized carbons (Fsp3) is 0.529. The first-order valence-corrected chi connectivity index (χ1v) is 7.31. The summed E-state index contributed by atoms with van der Waals surface area (Å²) in [6.07, 6.45) is 5.02. The van der Waals surface area contributed by atoms with Crippen molar-refractivity contribution in [2.75, 3.05) is 20.1 Å². The molecule has 2 nitrogen and oxygen atoms in total. The zero-order valence-corrected chi connectivity index (χ0v) is 12.4. The van der Waals surface area contributed by atoms with Crippen LogP contribution in [0.25, 0.3) is 6.08 Å². The summed E-state index contributed by atoms with van der Waals surface area (Å²) in [5.74, 6) is 0. The van der Waals surface area contributed by atoms with E-state index in [0.717, 1.165) is 19.1 Å². The minimum absolute atomic E-state index is 0.622. The molecule has 0 aliphatic heterocycles. The van der Waals surface area contributed by atoms with Crippen LogP contribution in [0.1, 0.15) is 32.3 Å². The molecule has 2 rings (SSSR count). The zero-order chi connectivity index (χ0) is 13.7. The van der Waals surface area contributed by atoms with E-state index in [2.05, 4.69) is 67.5 Å². The predicted octanol–water partition coefficient (Wildman–Crippen LogP) is 3.16. The Morgan fingerprint density at radius 3 is 2.68 bits per heavy atom. The summed E-state index contributed by atoms with van der Waals surface area (Å²) < 4.78 is 0. The normalized spacial score (nSPS) is 17.8. The Kier molecular flexibility index (Phi) is 5.17. The molecule has 0 saturated heterocycles. The average Bonchev–Trinajstić information content (AvgIpc) is 3.23. The summed E-state index contributed by atoms with van der Waals surface area (Å²) in [4.78, 5) is 2.50. The molecule has 1 aromatic carbocycles. The molecule has 0 heterocycles. The predicted molar refractivity (Wildman–Crippen MR) is 83.2 cm³/mol. The van der Waals surface area contributed by atoms with E-state index in [1.165, 1.54) is 24.0 Å². The van der Waals surface area contributed by atoms with Gasteiger partial charge in [-0.3, -0.25) is 4.90 Å². The van der Waals surface area contributed by atoms with Crippen LogP contribution in [-0.4, -0.2) is 37.1 Å². The van der Waals surface area contributed by atoms with Crippen molar-refractivity contribution in [1.82, 2.24) is 10.2 Å². The Bertz CT molecular complexity index is 407. The summed E-state index contributed by atoms with van der Waals surface area (Å²) in [6.45, 7) is 6.53. The number of likely N-dealkylation sites (N-methyl/N-ethyl adjacent to an activating group) is 1. The van der Waals surface area contributed by atoms with Crippen LogP contribution in [0.4, 0.5) is 0 Å². The molecule has 2 heteroatoms. The molecular weight excluding hydrogens is 232 g/mol. The fourth-order valence-corrected chi connectivity index (χ4v) is 2.35. The van der Waals surface area contributed by atoms with Gasteiger partial charge in [0.2, 0.25) is 0 Å². The van der Waals surface area contributed by atoms with Crippen molar-refractivity contribution in [2.45, 2.75) is 38.8 Å². The first-order chi connectivity index (χ1) is 9.16. The quantitative estimate of drug-likeness (QED) is 0.808. The van der Waals surface area contributed by atoms with Crippen LogP contribution in [0.3, 0.4) is 0 Å². The highest BCUT2D eigenvalue weighted by Crippen LogP contribution is 2.26. The van der Waals surface area contributed by atoms with E-state index in [0.29, 0.717) is 6.04 Å². The minimum Gasteiger partial charge on any atom is -0.311 e. The van der Waals surface area contributed by atoms with E-state index in [1.54, 1.807) is 0 Å². The van der Waals surface area contributed by atoms with Crippen LogP contribution >= 0.6 is 0 Å². The van der Waals surface area contributed by atoms with Gasteiger partial charge in [-0.25, -0.2) is 0 Å². The number of hydrogen-bond donors (Lipinski definition) is 1. The van der Waals surface area contributed by atoms with Crippen LogP contribution < -0.4 is 5.32 Å². The number of rotatable bonds is 7. The van der Waals surface area contributed by atoms with Crippen LogP contribution in [-0.2, 0) is 0 Å². The molecule has 0 aromatic heterocycles. The second kappa shape index (κ2) is 6.88. The lowest BCUT2D eigenvalue weighted by atomic mass is 10.1. The lowest BCUT2D eigenvalue weighted by Crippen LogP contribution is -2.39. The fourth-order valence-electron chi connectivity index (χ4n) is 2.35. The van der Waals surface area contributed by atoms with Crippen LogP contribution in [0.15, 0.2) is 35.9 Å². The van der Waals surface area contributed by atoms with Crippen LogP contribution in [0.5, 0.6) is 0 Å². The van der Waals surface area contributed by atoms with Gasteiger partial charge in [0.15, 0.2) is 0 Å². The van der Waals surface area contributed by atoms with Crippen molar-refractivity contribution >= 4 is 6.08 Å². The molecule has 1 fully saturated rings. The highest BCUT2D eigenvalue weighted by Gasteiger charge is 2.28. The van der Waals surface area contributed by atoms with Gasteiger partial charge in [0.1, 0.15) is 0 Å². The molecule has 19 heavy (non-hydrogen) atoms. The molecule has 1 aliphatic rings. The van der Waals surface area contributed by atoms with Gasteiger partial charge in [-0.15, -0.1) is 0 Å². The van der Waals surface area contributed by atoms with E-state index in [-0.39, 0.29) is 0 Å². The van der Waals surface area contributed by atoms with E-state index in [1.807, 2.05) is 0 Å². The third kappa shape index (κ3) is 4.81. The van der Waals surface area contributed by atoms with Gasteiger partial charge < -0.3 is 5.32 Å². The van der Waals surface area contributed by atoms with Crippen molar-refractivity contribution in [1.29, 1.82) is 0 Å². The first-order valence-electron chi connectivity index (χ1n) is 7.31. The Morgan fingerprint density at radius 1 is 1.37 bits per heavy atom. The second-order valence-corrected chi connectivity index (χ2v) is 5.78. The topological polar surface area (TPSA) is 15.3 Å². The van der Waals surface area contributed by atoms with Crippen molar-refractivity contribution in [2.24, 2.45) is 0 Å². The second-order valence-electron chi connectivity index (χ2n) is 5.78. The summed E-state index contributed by atoms with van der Waals surface area (Å²) in [7, 11) is 2.25. The maximum Gasteiger partial charge on any atom is 0.0192 e. The highest BCUT2D eigenvalue weighted by molar-refractivity contribution is 5.52. The lowest BCUT2D eigenvalue weighted by Gasteiger charge is -2.24. The van der Waals surface area contributed by atoms with Gasteiger partial charge in [-0.1, -0.05) is 42.0 Å². The van der Waals surface area contributed by atoms with Gasteiger partial charge in [0.25, 0.3) is 0 Å². The van der Waals surface area contributed by atoms with Crippen LogP contribution in [0, 0.1) is 0 Å². The summed E-state index contributed by atoms with van der Waals surface area (Å²) in [5.41, 5.74) is 2.66. The molecule has 1 aliphatic carbocycles. The van der Waals surface area contributed by atoms with Gasteiger partial charge in [-0.2, -0.15) is 0 Å². The van der Waals surface area contributed by atoms with Gasteiger partial charge >= 0.3 is 0 Å². The standard InChI is InChI=1S/C17H26N2/c1-14(11-16-7-5-4-6-8-16)12-18-13-15(2)19(3)17-9-10-17/h4-8,11,15,17-18H,9-10,12-13H2,1-3H3/b14-11+. The molecule has 1 aromatic rings. The average molecular weight is 258 g/mol. The number of nitrogens with one attached hydrogen (secondary N) is 1. The minimum atomic E-state index is 0.622. The van der Waals surface area contributed by atoms with Gasteiger partial charge in [0, 0.05) is 25.2 Å². The Labute approximate surface area is 117 Å². The Hall–Kier alpha value is -1.12. The first kappa shape index (κ1) is 14.3. The summed E-state index contributed by atoms with van der Waals surface area (Å²) >= 11 is 0. The largest absolute Gasteiger partial charge is 0.311 e. The van der Waals surface area contributed by atoms with E-state index in [9.17, 15) is 0 Å². The van der Waals surface area contributed by atoms with E-state index in [4.69, 9.17) is 0 Å². The molecule has 1 atom stereocenters. The maximum absolute atomic E-state index is 3.56. The number of hydrogen-bond acceptors (Lipinski definition) is 2. The monoisotopic (exact) mass is 258 g/mol. The molecule has 104 valence electrons. The Morgan fingerprint density at radius 2 is 2.05 bits per heavy atom. The molecule has 0 spiro atoms. The molecule has 1 saturated carbocycles. The van der Waals surface area contributed by atoms with Crippen LogP contribution in [0.2, 0.25) is 0 Å². The zero-order valence-electron chi connectivity index (χ0n) is 12.4. The van der Waals surface area contributed by atoms with Crippen molar-refractivity contribution in [3.8, 4) is 0 Å². The molecule has 0 radical (unpaired) electrons. The third-order valence-corrected chi connectivity index (χ3v) is 3.87. The summed E-state index contributed by atoms with van der Waals surface area (Å²) in [5, 5.41) is 3.56. The molecule has 1 unspecified atom stereocenters. The van der Waals surface area contributed by atoms with Crippen molar-refractivity contribution in [3.63, 3.8) is 0 Å².